The topological polar surface area (TPSA) is 41.1 Å². The van der Waals surface area contributed by atoms with Crippen molar-refractivity contribution in [1.82, 2.24) is 10.6 Å². The largest absolute Gasteiger partial charge is 0.347 e. The van der Waals surface area contributed by atoms with Gasteiger partial charge in [-0.15, -0.1) is 12.4 Å². The second kappa shape index (κ2) is 8.16. The first-order valence-electron chi connectivity index (χ1n) is 8.77. The monoisotopic (exact) mass is 336 g/mol. The van der Waals surface area contributed by atoms with Gasteiger partial charge in [-0.2, -0.15) is 0 Å². The molecule has 1 atom stereocenters. The molecule has 0 bridgehead atoms. The van der Waals surface area contributed by atoms with Gasteiger partial charge < -0.3 is 10.6 Å². The lowest BCUT2D eigenvalue weighted by Crippen LogP contribution is -2.43. The van der Waals surface area contributed by atoms with Gasteiger partial charge in [0.25, 0.3) is 0 Å². The Balaban J connectivity index is 0.00000192. The number of nitrogens with one attached hydrogen (secondary N) is 2. The molecule has 0 spiro atoms. The Labute approximate surface area is 146 Å². The normalized spacial score (nSPS) is 22.6. The summed E-state index contributed by atoms with van der Waals surface area (Å²) in [5.74, 6) is 0.916. The van der Waals surface area contributed by atoms with Crippen LogP contribution in [0.2, 0.25) is 0 Å². The Bertz CT molecular complexity index is 520. The summed E-state index contributed by atoms with van der Waals surface area (Å²) in [5, 5.41) is 6.78. The van der Waals surface area contributed by atoms with Crippen molar-refractivity contribution in [2.45, 2.75) is 57.4 Å². The van der Waals surface area contributed by atoms with Crippen LogP contribution in [0.3, 0.4) is 0 Å². The van der Waals surface area contributed by atoms with Gasteiger partial charge in [0.15, 0.2) is 0 Å². The van der Waals surface area contributed by atoms with Crippen LogP contribution in [-0.2, 0) is 10.3 Å². The lowest BCUT2D eigenvalue weighted by molar-refractivity contribution is -0.123. The van der Waals surface area contributed by atoms with E-state index in [-0.39, 0.29) is 23.9 Å². The molecule has 1 aliphatic heterocycles. The van der Waals surface area contributed by atoms with E-state index in [1.54, 1.807) is 0 Å². The zero-order chi connectivity index (χ0) is 15.4. The predicted octanol–water partition coefficient (Wildman–Crippen LogP) is 3.69. The Kier molecular flexibility index (Phi) is 6.49. The van der Waals surface area contributed by atoms with Crippen LogP contribution in [0, 0.1) is 12.8 Å². The van der Waals surface area contributed by atoms with Crippen LogP contribution in [0.15, 0.2) is 24.3 Å². The zero-order valence-corrected chi connectivity index (χ0v) is 14.9. The molecule has 1 aliphatic carbocycles. The SMILES string of the molecule is Cc1cccc(C2(NC(=O)CCC3CCNC3)CCCC2)c1.Cl. The summed E-state index contributed by atoms with van der Waals surface area (Å²) in [6, 6.07) is 8.66. The Morgan fingerprint density at radius 1 is 1.35 bits per heavy atom. The van der Waals surface area contributed by atoms with E-state index in [0.717, 1.165) is 32.4 Å². The van der Waals surface area contributed by atoms with E-state index in [9.17, 15) is 4.79 Å². The number of hydrogen-bond acceptors (Lipinski definition) is 2. The maximum atomic E-state index is 12.5. The molecule has 2 fully saturated rings. The number of hydrogen-bond donors (Lipinski definition) is 2. The molecule has 1 saturated heterocycles. The molecule has 1 unspecified atom stereocenters. The molecule has 2 N–H and O–H groups in total. The summed E-state index contributed by atoms with van der Waals surface area (Å²) in [6.07, 6.45) is 7.47. The summed E-state index contributed by atoms with van der Waals surface area (Å²) < 4.78 is 0. The van der Waals surface area contributed by atoms with Crippen LogP contribution >= 0.6 is 12.4 Å². The highest BCUT2D eigenvalue weighted by atomic mass is 35.5. The smallest absolute Gasteiger partial charge is 0.220 e. The van der Waals surface area contributed by atoms with E-state index in [4.69, 9.17) is 0 Å². The molecule has 2 aliphatic rings. The van der Waals surface area contributed by atoms with Crippen LogP contribution < -0.4 is 10.6 Å². The first-order chi connectivity index (χ1) is 10.7. The Morgan fingerprint density at radius 3 is 2.78 bits per heavy atom. The van der Waals surface area contributed by atoms with Gasteiger partial charge in [-0.25, -0.2) is 0 Å². The van der Waals surface area contributed by atoms with E-state index in [1.807, 2.05) is 0 Å². The molecule has 1 amide bonds. The van der Waals surface area contributed by atoms with Crippen LogP contribution in [0.1, 0.15) is 56.1 Å². The van der Waals surface area contributed by atoms with Crippen molar-refractivity contribution in [2.75, 3.05) is 13.1 Å². The minimum Gasteiger partial charge on any atom is -0.347 e. The van der Waals surface area contributed by atoms with Crippen LogP contribution in [0.4, 0.5) is 0 Å². The van der Waals surface area contributed by atoms with Crippen molar-refractivity contribution in [3.05, 3.63) is 35.4 Å². The Hall–Kier alpha value is -1.06. The van der Waals surface area contributed by atoms with Crippen molar-refractivity contribution in [3.63, 3.8) is 0 Å². The zero-order valence-electron chi connectivity index (χ0n) is 14.1. The predicted molar refractivity (Wildman–Crippen MR) is 96.9 cm³/mol. The average molecular weight is 337 g/mol. The first kappa shape index (κ1) is 18.3. The number of amides is 1. The second-order valence-electron chi connectivity index (χ2n) is 7.10. The standard InChI is InChI=1S/C19H28N2O.ClH/c1-15-5-4-6-17(13-15)19(10-2-3-11-19)21-18(22)8-7-16-9-12-20-14-16;/h4-6,13,16,20H,2-3,7-12,14H2,1H3,(H,21,22);1H. The van der Waals surface area contributed by atoms with Gasteiger partial charge in [-0.05, 0) is 57.2 Å². The lowest BCUT2D eigenvalue weighted by atomic mass is 9.87. The van der Waals surface area contributed by atoms with Gasteiger partial charge in [0.1, 0.15) is 0 Å². The summed E-state index contributed by atoms with van der Waals surface area (Å²) in [6.45, 7) is 4.32. The maximum absolute atomic E-state index is 12.5. The van der Waals surface area contributed by atoms with Gasteiger partial charge in [-0.1, -0.05) is 42.7 Å². The molecule has 1 saturated carbocycles. The van der Waals surface area contributed by atoms with Gasteiger partial charge in [0.05, 0.1) is 5.54 Å². The fourth-order valence-electron chi connectivity index (χ4n) is 4.03. The minimum absolute atomic E-state index is 0. The van der Waals surface area contributed by atoms with Crippen molar-refractivity contribution >= 4 is 18.3 Å². The van der Waals surface area contributed by atoms with Gasteiger partial charge >= 0.3 is 0 Å². The Morgan fingerprint density at radius 2 is 2.13 bits per heavy atom. The van der Waals surface area contributed by atoms with E-state index in [2.05, 4.69) is 41.8 Å². The summed E-state index contributed by atoms with van der Waals surface area (Å²) in [7, 11) is 0. The van der Waals surface area contributed by atoms with Crippen molar-refractivity contribution in [1.29, 1.82) is 0 Å². The number of benzene rings is 1. The van der Waals surface area contributed by atoms with Crippen LogP contribution in [0.5, 0.6) is 0 Å². The number of rotatable bonds is 5. The lowest BCUT2D eigenvalue weighted by Gasteiger charge is -2.31. The molecule has 128 valence electrons. The van der Waals surface area contributed by atoms with Crippen LogP contribution in [-0.4, -0.2) is 19.0 Å². The molecule has 1 aromatic rings. The summed E-state index contributed by atoms with van der Waals surface area (Å²) in [4.78, 5) is 12.5. The molecule has 0 radical (unpaired) electrons. The summed E-state index contributed by atoms with van der Waals surface area (Å²) >= 11 is 0. The van der Waals surface area contributed by atoms with Gasteiger partial charge in [0.2, 0.25) is 5.91 Å². The molecule has 23 heavy (non-hydrogen) atoms. The number of carbonyl (C=O) groups is 1. The van der Waals surface area contributed by atoms with Crippen molar-refractivity contribution < 1.29 is 4.79 Å². The van der Waals surface area contributed by atoms with Gasteiger partial charge in [0, 0.05) is 6.42 Å². The third-order valence-electron chi connectivity index (χ3n) is 5.35. The van der Waals surface area contributed by atoms with Gasteiger partial charge in [-0.3, -0.25) is 4.79 Å². The van der Waals surface area contributed by atoms with Crippen LogP contribution in [0.25, 0.3) is 0 Å². The number of aryl methyl sites for hydroxylation is 1. The molecule has 1 heterocycles. The third kappa shape index (κ3) is 4.48. The molecule has 3 nitrogen and oxygen atoms in total. The number of carbonyl (C=O) groups excluding carboxylic acids is 1. The molecule has 0 aromatic heterocycles. The maximum Gasteiger partial charge on any atom is 0.220 e. The second-order valence-corrected chi connectivity index (χ2v) is 7.10. The molecule has 1 aromatic carbocycles. The molecular weight excluding hydrogens is 308 g/mol. The fraction of sp³-hybridized carbons (Fsp3) is 0.632. The molecular formula is C19H29ClN2O. The fourth-order valence-corrected chi connectivity index (χ4v) is 4.03. The van der Waals surface area contributed by atoms with Crippen molar-refractivity contribution in [3.8, 4) is 0 Å². The minimum atomic E-state index is -0.114. The van der Waals surface area contributed by atoms with E-state index in [0.29, 0.717) is 12.3 Å². The number of halogens is 1. The highest BCUT2D eigenvalue weighted by Gasteiger charge is 2.37. The molecule has 3 rings (SSSR count). The summed E-state index contributed by atoms with van der Waals surface area (Å²) in [5.41, 5.74) is 2.45. The van der Waals surface area contributed by atoms with E-state index in [1.165, 1.54) is 30.4 Å². The molecule has 4 heteroatoms. The van der Waals surface area contributed by atoms with E-state index < -0.39 is 0 Å². The van der Waals surface area contributed by atoms with Crippen molar-refractivity contribution in [2.24, 2.45) is 5.92 Å². The third-order valence-corrected chi connectivity index (χ3v) is 5.35. The highest BCUT2D eigenvalue weighted by molar-refractivity contribution is 5.85. The quantitative estimate of drug-likeness (QED) is 0.861. The average Bonchev–Trinajstić information content (AvgIpc) is 3.17. The highest BCUT2D eigenvalue weighted by Crippen LogP contribution is 2.39. The first-order valence-corrected chi connectivity index (χ1v) is 8.77. The van der Waals surface area contributed by atoms with E-state index >= 15 is 0 Å².